The van der Waals surface area contributed by atoms with Crippen molar-refractivity contribution in [2.45, 2.75) is 53.9 Å². The van der Waals surface area contributed by atoms with Crippen molar-refractivity contribution in [3.63, 3.8) is 0 Å². The number of hydrogen-bond donors (Lipinski definition) is 2. The molecular formula is C36H46N6O2. The molecule has 2 amide bonds. The van der Waals surface area contributed by atoms with Gasteiger partial charge in [-0.2, -0.15) is 0 Å². The topological polar surface area (TPSA) is 90.5 Å². The third kappa shape index (κ3) is 11.7. The molecule has 0 fully saturated rings. The maximum Gasteiger partial charge on any atom is 0.253 e. The zero-order valence-corrected chi connectivity index (χ0v) is 26.5. The van der Waals surface area contributed by atoms with Gasteiger partial charge in [0, 0.05) is 51.0 Å². The van der Waals surface area contributed by atoms with Crippen molar-refractivity contribution in [3.05, 3.63) is 131 Å². The van der Waals surface area contributed by atoms with Crippen LogP contribution in [0.15, 0.2) is 97.6 Å². The van der Waals surface area contributed by atoms with Crippen LogP contribution in [0.25, 0.3) is 0 Å². The second-order valence-electron chi connectivity index (χ2n) is 10.4. The molecule has 2 aromatic carbocycles. The number of carbonyl (C=O) groups excluding carboxylic acids is 2. The smallest absolute Gasteiger partial charge is 0.253 e. The minimum atomic E-state index is -0.0969. The molecule has 0 spiro atoms. The van der Waals surface area contributed by atoms with E-state index in [-0.39, 0.29) is 11.8 Å². The number of pyridine rings is 2. The summed E-state index contributed by atoms with van der Waals surface area (Å²) in [6.07, 6.45) is 6.46. The van der Waals surface area contributed by atoms with Crippen LogP contribution in [0, 0.1) is 0 Å². The Morgan fingerprint density at radius 1 is 0.545 bits per heavy atom. The molecule has 0 unspecified atom stereocenters. The first-order valence-electron chi connectivity index (χ1n) is 15.4. The highest BCUT2D eigenvalue weighted by molar-refractivity contribution is 5.94. The van der Waals surface area contributed by atoms with Gasteiger partial charge >= 0.3 is 0 Å². The van der Waals surface area contributed by atoms with Crippen molar-refractivity contribution in [2.24, 2.45) is 0 Å². The van der Waals surface area contributed by atoms with Crippen molar-refractivity contribution in [3.8, 4) is 0 Å². The van der Waals surface area contributed by atoms with Crippen molar-refractivity contribution in [1.82, 2.24) is 30.4 Å². The molecule has 0 saturated heterocycles. The van der Waals surface area contributed by atoms with Gasteiger partial charge in [0.15, 0.2) is 0 Å². The molecule has 0 aliphatic carbocycles. The van der Waals surface area contributed by atoms with Crippen LogP contribution in [0.5, 0.6) is 0 Å². The lowest BCUT2D eigenvalue weighted by molar-refractivity contribution is 0.0942. The van der Waals surface area contributed by atoms with Crippen LogP contribution in [-0.4, -0.2) is 57.8 Å². The molecule has 2 heterocycles. The fourth-order valence-electron chi connectivity index (χ4n) is 4.50. The highest BCUT2D eigenvalue weighted by atomic mass is 16.2. The lowest BCUT2D eigenvalue weighted by atomic mass is 10.1. The first-order valence-corrected chi connectivity index (χ1v) is 15.4. The van der Waals surface area contributed by atoms with Crippen molar-refractivity contribution in [2.75, 3.05) is 26.2 Å². The number of hydrogen-bond acceptors (Lipinski definition) is 6. The Morgan fingerprint density at radius 2 is 0.886 bits per heavy atom. The average Bonchev–Trinajstić information content (AvgIpc) is 3.09. The van der Waals surface area contributed by atoms with Gasteiger partial charge in [-0.3, -0.25) is 29.4 Å². The SMILES string of the molecule is CCN(CC)Cc1ccc(CNC(=O)c2cccnc2)cc1.CCN(CC)Cc1ccc(CNC(=O)c2cccnc2)cc1. The maximum absolute atomic E-state index is 12.0. The molecule has 0 aliphatic heterocycles. The van der Waals surface area contributed by atoms with E-state index in [1.165, 1.54) is 11.1 Å². The summed E-state index contributed by atoms with van der Waals surface area (Å²) < 4.78 is 0. The van der Waals surface area contributed by atoms with Gasteiger partial charge in [-0.15, -0.1) is 0 Å². The molecule has 2 N–H and O–H groups in total. The molecule has 4 aromatic rings. The summed E-state index contributed by atoms with van der Waals surface area (Å²) >= 11 is 0. The number of nitrogens with zero attached hydrogens (tertiary/aromatic N) is 4. The largest absolute Gasteiger partial charge is 0.348 e. The summed E-state index contributed by atoms with van der Waals surface area (Å²) in [6, 6.07) is 23.8. The van der Waals surface area contributed by atoms with E-state index < -0.39 is 0 Å². The summed E-state index contributed by atoms with van der Waals surface area (Å²) in [5, 5.41) is 5.82. The molecule has 232 valence electrons. The van der Waals surface area contributed by atoms with Crippen molar-refractivity contribution < 1.29 is 9.59 Å². The summed E-state index contributed by atoms with van der Waals surface area (Å²) in [5.41, 5.74) is 5.96. The third-order valence-electron chi connectivity index (χ3n) is 7.40. The van der Waals surface area contributed by atoms with Gasteiger partial charge in [0.1, 0.15) is 0 Å². The maximum atomic E-state index is 12.0. The van der Waals surface area contributed by atoms with E-state index in [4.69, 9.17) is 0 Å². The fourth-order valence-corrected chi connectivity index (χ4v) is 4.50. The van der Waals surface area contributed by atoms with Gasteiger partial charge in [-0.1, -0.05) is 76.2 Å². The van der Waals surface area contributed by atoms with Crippen LogP contribution >= 0.6 is 0 Å². The van der Waals surface area contributed by atoms with Gasteiger partial charge in [0.05, 0.1) is 11.1 Å². The minimum Gasteiger partial charge on any atom is -0.348 e. The zero-order chi connectivity index (χ0) is 31.6. The Balaban J connectivity index is 0.000000240. The second kappa shape index (κ2) is 19.0. The molecule has 0 saturated carbocycles. The van der Waals surface area contributed by atoms with Gasteiger partial charge in [0.25, 0.3) is 11.8 Å². The average molecular weight is 595 g/mol. The molecule has 0 radical (unpaired) electrons. The zero-order valence-electron chi connectivity index (χ0n) is 26.5. The number of rotatable bonds is 14. The Morgan fingerprint density at radius 3 is 1.18 bits per heavy atom. The molecule has 8 nitrogen and oxygen atoms in total. The summed E-state index contributed by atoms with van der Waals surface area (Å²) in [7, 11) is 0. The summed E-state index contributed by atoms with van der Waals surface area (Å²) in [4.78, 5) is 36.6. The minimum absolute atomic E-state index is 0.0969. The summed E-state index contributed by atoms with van der Waals surface area (Å²) in [6.45, 7) is 15.9. The molecular weight excluding hydrogens is 548 g/mol. The number of benzene rings is 2. The molecule has 2 aromatic heterocycles. The van der Waals surface area contributed by atoms with Crippen molar-refractivity contribution >= 4 is 11.8 Å². The van der Waals surface area contributed by atoms with Crippen molar-refractivity contribution in [1.29, 1.82) is 0 Å². The Bertz CT molecular complexity index is 1260. The first-order chi connectivity index (χ1) is 21.4. The van der Waals surface area contributed by atoms with Gasteiger partial charge in [-0.25, -0.2) is 0 Å². The van der Waals surface area contributed by atoms with E-state index >= 15 is 0 Å². The second-order valence-corrected chi connectivity index (χ2v) is 10.4. The number of nitrogens with one attached hydrogen (secondary N) is 2. The standard InChI is InChI=1S/2C18H23N3O/c2*1-3-21(4-2)14-16-9-7-15(8-10-16)12-20-18(22)17-6-5-11-19-13-17/h2*5-11,13H,3-4,12,14H2,1-2H3,(H,20,22). The fraction of sp³-hybridized carbons (Fsp3) is 0.333. The highest BCUT2D eigenvalue weighted by Crippen LogP contribution is 2.09. The molecule has 8 heteroatoms. The van der Waals surface area contributed by atoms with Crippen LogP contribution in [0.1, 0.15) is 70.7 Å². The normalized spacial score (nSPS) is 10.7. The highest BCUT2D eigenvalue weighted by Gasteiger charge is 2.07. The first kappa shape index (κ1) is 34.1. The molecule has 44 heavy (non-hydrogen) atoms. The van der Waals surface area contributed by atoms with E-state index in [2.05, 4.69) is 107 Å². The third-order valence-corrected chi connectivity index (χ3v) is 7.40. The van der Waals surface area contributed by atoms with E-state index in [9.17, 15) is 9.59 Å². The summed E-state index contributed by atoms with van der Waals surface area (Å²) in [5.74, 6) is -0.194. The molecule has 0 atom stereocenters. The van der Waals surface area contributed by atoms with Crippen LogP contribution in [0.4, 0.5) is 0 Å². The molecule has 0 aliphatic rings. The van der Waals surface area contributed by atoms with Crippen LogP contribution in [-0.2, 0) is 26.2 Å². The van der Waals surface area contributed by atoms with Gasteiger partial charge in [0.2, 0.25) is 0 Å². The van der Waals surface area contributed by atoms with Crippen LogP contribution in [0.3, 0.4) is 0 Å². The van der Waals surface area contributed by atoms with E-state index in [0.717, 1.165) is 50.4 Å². The lowest BCUT2D eigenvalue weighted by Gasteiger charge is -2.18. The quantitative estimate of drug-likeness (QED) is 0.195. The number of aromatic nitrogens is 2. The number of carbonyl (C=O) groups is 2. The van der Waals surface area contributed by atoms with E-state index in [1.54, 1.807) is 49.1 Å². The molecule has 0 bridgehead atoms. The Labute approximate surface area is 262 Å². The number of amides is 2. The monoisotopic (exact) mass is 594 g/mol. The van der Waals surface area contributed by atoms with Gasteiger partial charge < -0.3 is 10.6 Å². The van der Waals surface area contributed by atoms with E-state index in [0.29, 0.717) is 24.2 Å². The predicted octanol–water partition coefficient (Wildman–Crippen LogP) is 5.71. The van der Waals surface area contributed by atoms with E-state index in [1.807, 2.05) is 0 Å². The van der Waals surface area contributed by atoms with Crippen LogP contribution in [0.2, 0.25) is 0 Å². The van der Waals surface area contributed by atoms with Gasteiger partial charge in [-0.05, 0) is 72.7 Å². The van der Waals surface area contributed by atoms with Crippen LogP contribution < -0.4 is 10.6 Å². The predicted molar refractivity (Wildman–Crippen MR) is 177 cm³/mol. The Hall–Kier alpha value is -4.40. The molecule has 4 rings (SSSR count). The Kier molecular flexibility index (Phi) is 14.7. The lowest BCUT2D eigenvalue weighted by Crippen LogP contribution is -2.23.